The van der Waals surface area contributed by atoms with Gasteiger partial charge in [0, 0.05) is 32.1 Å². The van der Waals surface area contributed by atoms with Gasteiger partial charge in [0.1, 0.15) is 5.69 Å². The topological polar surface area (TPSA) is 36.4 Å². The monoisotopic (exact) mass is 267 g/mol. The van der Waals surface area contributed by atoms with Gasteiger partial charge in [-0.3, -0.25) is 4.79 Å². The van der Waals surface area contributed by atoms with Crippen molar-refractivity contribution in [1.82, 2.24) is 9.88 Å². The van der Waals surface area contributed by atoms with E-state index < -0.39 is 0 Å². The van der Waals surface area contributed by atoms with Crippen LogP contribution in [0.5, 0.6) is 0 Å². The van der Waals surface area contributed by atoms with Crippen LogP contribution in [0.4, 0.5) is 5.13 Å². The number of amides is 1. The first-order valence-corrected chi connectivity index (χ1v) is 7.56. The summed E-state index contributed by atoms with van der Waals surface area (Å²) in [6, 6.07) is 0. The normalized spacial score (nSPS) is 15.8. The quantitative estimate of drug-likeness (QED) is 0.841. The van der Waals surface area contributed by atoms with Gasteiger partial charge in [0.25, 0.3) is 5.91 Å². The predicted molar refractivity (Wildman–Crippen MR) is 75.4 cm³/mol. The smallest absolute Gasteiger partial charge is 0.273 e. The van der Waals surface area contributed by atoms with Crippen molar-refractivity contribution in [3.63, 3.8) is 0 Å². The molecule has 0 saturated carbocycles. The van der Waals surface area contributed by atoms with Gasteiger partial charge in [0.15, 0.2) is 5.13 Å². The molecule has 0 N–H and O–H groups in total. The van der Waals surface area contributed by atoms with Crippen molar-refractivity contribution in [3.05, 3.63) is 11.1 Å². The summed E-state index contributed by atoms with van der Waals surface area (Å²) in [5, 5.41) is 2.89. The first kappa shape index (κ1) is 13.3. The maximum atomic E-state index is 12.1. The molecule has 1 aromatic rings. The summed E-state index contributed by atoms with van der Waals surface area (Å²) in [5.41, 5.74) is 0.594. The van der Waals surface area contributed by atoms with E-state index in [1.165, 1.54) is 19.3 Å². The highest BCUT2D eigenvalue weighted by Crippen LogP contribution is 2.24. The third kappa shape index (κ3) is 3.02. The minimum Gasteiger partial charge on any atom is -0.348 e. The fourth-order valence-electron chi connectivity index (χ4n) is 2.23. The van der Waals surface area contributed by atoms with E-state index in [0.29, 0.717) is 5.69 Å². The van der Waals surface area contributed by atoms with Crippen molar-refractivity contribution < 1.29 is 4.79 Å². The molecular formula is C13H21N3OS. The Morgan fingerprint density at radius 1 is 1.44 bits per heavy atom. The second-order valence-electron chi connectivity index (χ2n) is 4.79. The molecule has 0 unspecified atom stereocenters. The highest BCUT2D eigenvalue weighted by molar-refractivity contribution is 7.13. The van der Waals surface area contributed by atoms with Crippen molar-refractivity contribution in [2.75, 3.05) is 31.6 Å². The first-order valence-electron chi connectivity index (χ1n) is 6.68. The second-order valence-corrected chi connectivity index (χ2v) is 5.63. The molecule has 2 rings (SSSR count). The highest BCUT2D eigenvalue weighted by atomic mass is 32.1. The van der Waals surface area contributed by atoms with Gasteiger partial charge in [-0.05, 0) is 25.7 Å². The summed E-state index contributed by atoms with van der Waals surface area (Å²) < 4.78 is 0. The van der Waals surface area contributed by atoms with E-state index in [9.17, 15) is 4.79 Å². The number of carbonyl (C=O) groups is 1. The third-order valence-corrected chi connectivity index (χ3v) is 4.14. The largest absolute Gasteiger partial charge is 0.348 e. The minimum absolute atomic E-state index is 0.0383. The van der Waals surface area contributed by atoms with Gasteiger partial charge in [-0.15, -0.1) is 11.3 Å². The molecule has 0 atom stereocenters. The zero-order valence-electron chi connectivity index (χ0n) is 11.2. The van der Waals surface area contributed by atoms with E-state index in [4.69, 9.17) is 0 Å². The molecule has 5 heteroatoms. The fourth-order valence-corrected chi connectivity index (χ4v) is 3.08. The van der Waals surface area contributed by atoms with Gasteiger partial charge in [-0.25, -0.2) is 4.98 Å². The van der Waals surface area contributed by atoms with Crippen molar-refractivity contribution >= 4 is 22.4 Å². The van der Waals surface area contributed by atoms with Crippen molar-refractivity contribution in [3.8, 4) is 0 Å². The average molecular weight is 267 g/mol. The lowest BCUT2D eigenvalue weighted by atomic mass is 10.1. The van der Waals surface area contributed by atoms with E-state index in [2.05, 4.69) is 16.8 Å². The number of hydrogen-bond acceptors (Lipinski definition) is 4. The number of hydrogen-bond donors (Lipinski definition) is 0. The fraction of sp³-hybridized carbons (Fsp3) is 0.692. The lowest BCUT2D eigenvalue weighted by molar-refractivity contribution is 0.0790. The Kier molecular flexibility index (Phi) is 4.58. The Balaban J connectivity index is 2.02. The molecule has 0 aromatic carbocycles. The molecule has 2 heterocycles. The number of piperidine rings is 1. The van der Waals surface area contributed by atoms with Gasteiger partial charge in [0.2, 0.25) is 0 Å². The van der Waals surface area contributed by atoms with E-state index in [-0.39, 0.29) is 5.91 Å². The molecule has 18 heavy (non-hydrogen) atoms. The maximum Gasteiger partial charge on any atom is 0.273 e. The van der Waals surface area contributed by atoms with Gasteiger partial charge in [-0.2, -0.15) is 0 Å². The Morgan fingerprint density at radius 3 is 2.83 bits per heavy atom. The molecule has 1 saturated heterocycles. The summed E-state index contributed by atoms with van der Waals surface area (Å²) in [6.07, 6.45) is 4.76. The molecule has 4 nitrogen and oxygen atoms in total. The number of aromatic nitrogens is 1. The summed E-state index contributed by atoms with van der Waals surface area (Å²) in [6.45, 7) is 5.01. The minimum atomic E-state index is 0.0383. The zero-order chi connectivity index (χ0) is 13.0. The van der Waals surface area contributed by atoms with Crippen molar-refractivity contribution in [2.45, 2.75) is 32.6 Å². The predicted octanol–water partition coefficient (Wildman–Crippen LogP) is 2.62. The molecule has 1 aromatic heterocycles. The maximum absolute atomic E-state index is 12.1. The lowest BCUT2D eigenvalue weighted by Gasteiger charge is -2.25. The zero-order valence-corrected chi connectivity index (χ0v) is 12.0. The third-order valence-electron chi connectivity index (χ3n) is 3.24. The van der Waals surface area contributed by atoms with Gasteiger partial charge >= 0.3 is 0 Å². The van der Waals surface area contributed by atoms with Gasteiger partial charge in [0.05, 0.1) is 0 Å². The van der Waals surface area contributed by atoms with Crippen molar-refractivity contribution in [1.29, 1.82) is 0 Å². The van der Waals surface area contributed by atoms with Crippen LogP contribution in [-0.2, 0) is 0 Å². The summed E-state index contributed by atoms with van der Waals surface area (Å²) >= 11 is 1.59. The number of nitrogens with zero attached hydrogens (tertiary/aromatic N) is 3. The Morgan fingerprint density at radius 2 is 2.17 bits per heavy atom. The Bertz CT molecular complexity index is 399. The first-order chi connectivity index (χ1) is 8.72. The van der Waals surface area contributed by atoms with Crippen LogP contribution in [0.25, 0.3) is 0 Å². The Hall–Kier alpha value is -1.10. The molecule has 100 valence electrons. The van der Waals surface area contributed by atoms with Crippen LogP contribution in [-0.4, -0.2) is 42.5 Å². The highest BCUT2D eigenvalue weighted by Gasteiger charge is 2.18. The summed E-state index contributed by atoms with van der Waals surface area (Å²) in [4.78, 5) is 20.6. The average Bonchev–Trinajstić information content (AvgIpc) is 2.89. The van der Waals surface area contributed by atoms with Crippen LogP contribution < -0.4 is 4.90 Å². The molecule has 0 bridgehead atoms. The number of rotatable bonds is 4. The van der Waals surface area contributed by atoms with E-state index in [1.807, 2.05) is 12.4 Å². The van der Waals surface area contributed by atoms with Crippen LogP contribution in [0.2, 0.25) is 0 Å². The second kappa shape index (κ2) is 6.18. The standard InChI is InChI=1S/C13H21N3OS/c1-3-7-15(2)12(17)11-10-18-13(14-11)16-8-5-4-6-9-16/h10H,3-9H2,1-2H3. The van der Waals surface area contributed by atoms with Crippen LogP contribution in [0, 0.1) is 0 Å². The number of anilines is 1. The number of carbonyl (C=O) groups excluding carboxylic acids is 1. The van der Waals surface area contributed by atoms with Crippen LogP contribution in [0.1, 0.15) is 43.1 Å². The summed E-state index contributed by atoms with van der Waals surface area (Å²) in [7, 11) is 1.84. The van der Waals surface area contributed by atoms with Crippen molar-refractivity contribution in [2.24, 2.45) is 0 Å². The number of thiazole rings is 1. The van der Waals surface area contributed by atoms with Crippen LogP contribution in [0.3, 0.4) is 0 Å². The van der Waals surface area contributed by atoms with Crippen LogP contribution in [0.15, 0.2) is 5.38 Å². The molecule has 1 aliphatic heterocycles. The van der Waals surface area contributed by atoms with E-state index in [1.54, 1.807) is 16.2 Å². The molecule has 1 amide bonds. The van der Waals surface area contributed by atoms with Crippen LogP contribution >= 0.6 is 11.3 Å². The molecule has 0 spiro atoms. The van der Waals surface area contributed by atoms with E-state index in [0.717, 1.165) is 31.2 Å². The van der Waals surface area contributed by atoms with E-state index >= 15 is 0 Å². The molecule has 0 aliphatic carbocycles. The van der Waals surface area contributed by atoms with Gasteiger partial charge < -0.3 is 9.80 Å². The Labute approximate surface area is 113 Å². The molecule has 0 radical (unpaired) electrons. The molecular weight excluding hydrogens is 246 g/mol. The molecule has 1 fully saturated rings. The lowest BCUT2D eigenvalue weighted by Crippen LogP contribution is -2.30. The summed E-state index contributed by atoms with van der Waals surface area (Å²) in [5.74, 6) is 0.0383. The van der Waals surface area contributed by atoms with Gasteiger partial charge in [-0.1, -0.05) is 6.92 Å². The SMILES string of the molecule is CCCN(C)C(=O)c1csc(N2CCCCC2)n1. The molecule has 1 aliphatic rings.